The van der Waals surface area contributed by atoms with Gasteiger partial charge < -0.3 is 41.1 Å². The Balaban J connectivity index is 1.36. The summed E-state index contributed by atoms with van der Waals surface area (Å²) in [5, 5.41) is 10.7. The molecule has 3 aromatic carbocycles. The molecule has 1 unspecified atom stereocenters. The number of unbranched alkanes of at least 4 members (excludes halogenated alkanes) is 1. The van der Waals surface area contributed by atoms with Crippen molar-refractivity contribution in [2.24, 2.45) is 17.5 Å². The van der Waals surface area contributed by atoms with E-state index in [2.05, 4.69) is 21.4 Å². The number of piperidine rings is 1. The molecule has 5 rings (SSSR count). The number of fused-ring (bicyclic) bond motifs is 1. The van der Waals surface area contributed by atoms with E-state index in [1.807, 2.05) is 86.6 Å². The highest BCUT2D eigenvalue weighted by atomic mass is 16.6. The lowest BCUT2D eigenvalue weighted by Crippen LogP contribution is -2.62. The summed E-state index contributed by atoms with van der Waals surface area (Å²) in [4.78, 5) is 102. The Kier molecular flexibility index (Phi) is 19.3. The molecule has 8 N–H and O–H groups in total. The summed E-state index contributed by atoms with van der Waals surface area (Å²) in [7, 11) is 1.52. The van der Waals surface area contributed by atoms with Crippen molar-refractivity contribution in [3.8, 4) is 0 Å². The fourth-order valence-corrected chi connectivity index (χ4v) is 9.02. The number of amides is 7. The number of hydrogen-bond acceptors (Lipinski definition) is 10. The molecule has 0 bridgehead atoms. The van der Waals surface area contributed by atoms with Crippen LogP contribution < -0.4 is 33.0 Å². The largest absolute Gasteiger partial charge is 0.444 e. The summed E-state index contributed by atoms with van der Waals surface area (Å²) in [5.74, 6) is 2.31. The maximum absolute atomic E-state index is 14.9. The lowest BCUT2D eigenvalue weighted by molar-refractivity contribution is -0.150. The van der Waals surface area contributed by atoms with Crippen LogP contribution in [0.4, 0.5) is 4.79 Å². The molecule has 17 nitrogen and oxygen atoms in total. The molecule has 2 aliphatic heterocycles. The third kappa shape index (κ3) is 14.5. The second-order valence-electron chi connectivity index (χ2n) is 19.2. The molecule has 0 radical (unpaired) electrons. The molecule has 0 aliphatic carbocycles. The Bertz CT molecular complexity index is 2220. The minimum Gasteiger partial charge on any atom is -0.444 e. The number of ether oxygens (including phenoxy) is 1. The normalized spacial score (nSPS) is 18.4. The minimum atomic E-state index is -1.14. The topological polar surface area (TPSA) is 239 Å². The first-order chi connectivity index (χ1) is 32.4. The van der Waals surface area contributed by atoms with E-state index in [0.717, 1.165) is 21.9 Å². The van der Waals surface area contributed by atoms with Gasteiger partial charge in [-0.2, -0.15) is 0 Å². The van der Waals surface area contributed by atoms with Gasteiger partial charge in [0.15, 0.2) is 0 Å². The first-order valence-corrected chi connectivity index (χ1v) is 24.1. The van der Waals surface area contributed by atoms with E-state index < -0.39 is 83.4 Å². The summed E-state index contributed by atoms with van der Waals surface area (Å²) >= 11 is 0. The predicted molar refractivity (Wildman–Crippen MR) is 260 cm³/mol. The maximum Gasteiger partial charge on any atom is 0.407 e. The van der Waals surface area contributed by atoms with Gasteiger partial charge in [0.1, 0.15) is 35.8 Å². The van der Waals surface area contributed by atoms with Gasteiger partial charge in [-0.05, 0) is 106 Å². The Morgan fingerprint density at radius 3 is 2.12 bits per heavy atom. The van der Waals surface area contributed by atoms with Gasteiger partial charge in [-0.1, -0.05) is 93.1 Å². The average molecular weight is 940 g/mol. The van der Waals surface area contributed by atoms with Gasteiger partial charge in [-0.15, -0.1) is 0 Å². The first kappa shape index (κ1) is 52.9. The van der Waals surface area contributed by atoms with Crippen molar-refractivity contribution < 1.29 is 38.3 Å². The van der Waals surface area contributed by atoms with Crippen molar-refractivity contribution in [2.75, 3.05) is 26.7 Å². The summed E-state index contributed by atoms with van der Waals surface area (Å²) in [6.45, 7) is 9.90. The van der Waals surface area contributed by atoms with Gasteiger partial charge >= 0.3 is 6.09 Å². The standard InChI is InChI=1S/C51H73N9O8/c1-7-33(2)43(56-44(61)38(52)31-35-25-26-36-20-11-12-21-37(36)30-35)49(66)60-28-16-14-23-40(60)45(62)55-39(22-13-15-27-54-50(67)68-51(3,4)5)47(64)58(6)42(32-34-18-9-8-10-19-34)48(65)59-29-17-24-41(59)46(63)57-53/h8-12,18-21,25-26,30,33,38-43H,7,13-17,22-24,27-29,31-32,52-53H2,1-6H3,(H,54,67)(H,55,62)(H,56,61)(H,57,63)/t33?,38-,39+,40-,41+,42-,43+/m1/s1. The molecule has 2 saturated heterocycles. The van der Waals surface area contributed by atoms with Crippen LogP contribution in [0.25, 0.3) is 10.8 Å². The van der Waals surface area contributed by atoms with Crippen LogP contribution >= 0.6 is 0 Å². The van der Waals surface area contributed by atoms with Crippen LogP contribution in [-0.4, -0.2) is 125 Å². The summed E-state index contributed by atoms with van der Waals surface area (Å²) in [6, 6.07) is 17.2. The predicted octanol–water partition coefficient (Wildman–Crippen LogP) is 3.85. The number of rotatable bonds is 20. The molecule has 2 heterocycles. The van der Waals surface area contributed by atoms with Gasteiger partial charge in [-0.25, -0.2) is 10.6 Å². The molecule has 370 valence electrons. The molecular formula is C51H73N9O8. The number of nitrogens with zero attached hydrogens (tertiary/aromatic N) is 3. The van der Waals surface area contributed by atoms with Gasteiger partial charge in [-0.3, -0.25) is 34.2 Å². The molecule has 2 aliphatic rings. The van der Waals surface area contributed by atoms with E-state index in [9.17, 15) is 33.6 Å². The number of carbonyl (C=O) groups excluding carboxylic acids is 7. The zero-order valence-electron chi connectivity index (χ0n) is 40.6. The number of likely N-dealkylation sites (tertiary alicyclic amines) is 2. The van der Waals surface area contributed by atoms with E-state index in [1.54, 1.807) is 20.8 Å². The first-order valence-electron chi connectivity index (χ1n) is 24.1. The fourth-order valence-electron chi connectivity index (χ4n) is 9.02. The van der Waals surface area contributed by atoms with Gasteiger partial charge in [0, 0.05) is 33.1 Å². The SMILES string of the molecule is CCC(C)[C@H](NC(=O)[C@H](N)Cc1ccc2ccccc2c1)C(=O)N1CCCC[C@@H]1C(=O)N[C@@H](CCCCNC(=O)OC(C)(C)C)C(=O)N(C)[C@H](Cc1ccccc1)C(=O)N1CCC[C@H]1C(=O)NN. The number of likely N-dealkylation sites (N-methyl/N-ethyl adjacent to an activating group) is 1. The maximum atomic E-state index is 14.9. The van der Waals surface area contributed by atoms with Crippen molar-refractivity contribution in [2.45, 2.75) is 147 Å². The van der Waals surface area contributed by atoms with Crippen LogP contribution in [0.1, 0.15) is 104 Å². The molecule has 68 heavy (non-hydrogen) atoms. The highest BCUT2D eigenvalue weighted by Gasteiger charge is 2.42. The lowest BCUT2D eigenvalue weighted by Gasteiger charge is -2.39. The van der Waals surface area contributed by atoms with Crippen LogP contribution in [0, 0.1) is 5.92 Å². The third-order valence-electron chi connectivity index (χ3n) is 13.0. The smallest absolute Gasteiger partial charge is 0.407 e. The average Bonchev–Trinajstić information content (AvgIpc) is 3.83. The molecule has 17 heteroatoms. The van der Waals surface area contributed by atoms with E-state index in [-0.39, 0.29) is 38.3 Å². The molecule has 2 fully saturated rings. The molecule has 0 spiro atoms. The van der Waals surface area contributed by atoms with E-state index >= 15 is 0 Å². The van der Waals surface area contributed by atoms with Crippen molar-refractivity contribution >= 4 is 52.3 Å². The molecule has 0 aromatic heterocycles. The molecular weight excluding hydrogens is 867 g/mol. The monoisotopic (exact) mass is 940 g/mol. The van der Waals surface area contributed by atoms with Crippen LogP contribution in [0.3, 0.4) is 0 Å². The molecule has 7 amide bonds. The minimum absolute atomic E-state index is 0.134. The molecule has 3 aromatic rings. The van der Waals surface area contributed by atoms with Crippen molar-refractivity contribution in [1.82, 2.24) is 36.1 Å². The lowest BCUT2D eigenvalue weighted by atomic mass is 9.93. The van der Waals surface area contributed by atoms with Crippen LogP contribution in [-0.2, 0) is 46.3 Å². The quantitative estimate of drug-likeness (QED) is 0.0414. The van der Waals surface area contributed by atoms with E-state index in [0.29, 0.717) is 57.9 Å². The number of nitrogens with two attached hydrogens (primary N) is 2. The molecule has 7 atom stereocenters. The highest BCUT2D eigenvalue weighted by Crippen LogP contribution is 2.25. The van der Waals surface area contributed by atoms with Gasteiger partial charge in [0.05, 0.1) is 6.04 Å². The Hall–Kier alpha value is -6.07. The Morgan fingerprint density at radius 1 is 0.779 bits per heavy atom. The van der Waals surface area contributed by atoms with Crippen LogP contribution in [0.15, 0.2) is 72.8 Å². The zero-order chi connectivity index (χ0) is 49.5. The van der Waals surface area contributed by atoms with Crippen LogP contribution in [0.5, 0.6) is 0 Å². The fraction of sp³-hybridized carbons (Fsp3) is 0.549. The number of carbonyl (C=O) groups is 7. The van der Waals surface area contributed by atoms with Crippen molar-refractivity contribution in [3.05, 3.63) is 83.9 Å². The number of hydrazine groups is 1. The number of nitrogens with one attached hydrogen (secondary N) is 4. The number of benzene rings is 3. The zero-order valence-corrected chi connectivity index (χ0v) is 40.6. The number of alkyl carbamates (subject to hydrolysis) is 1. The van der Waals surface area contributed by atoms with Gasteiger partial charge in [0.2, 0.25) is 29.5 Å². The van der Waals surface area contributed by atoms with Gasteiger partial charge in [0.25, 0.3) is 5.91 Å². The van der Waals surface area contributed by atoms with Crippen molar-refractivity contribution in [3.63, 3.8) is 0 Å². The van der Waals surface area contributed by atoms with E-state index in [1.165, 1.54) is 21.7 Å². The summed E-state index contributed by atoms with van der Waals surface area (Å²) in [5.41, 5.74) is 9.62. The Morgan fingerprint density at radius 2 is 1.43 bits per heavy atom. The third-order valence-corrected chi connectivity index (χ3v) is 13.0. The summed E-state index contributed by atoms with van der Waals surface area (Å²) < 4.78 is 5.36. The number of hydrogen-bond donors (Lipinski definition) is 6. The molecule has 0 saturated carbocycles. The summed E-state index contributed by atoms with van der Waals surface area (Å²) in [6.07, 6.45) is 3.93. The van der Waals surface area contributed by atoms with Crippen molar-refractivity contribution in [1.29, 1.82) is 0 Å². The highest BCUT2D eigenvalue weighted by molar-refractivity contribution is 5.97. The second kappa shape index (κ2) is 24.8. The van der Waals surface area contributed by atoms with Crippen LogP contribution in [0.2, 0.25) is 0 Å². The second-order valence-corrected chi connectivity index (χ2v) is 19.2. The Labute approximate surface area is 400 Å². The van der Waals surface area contributed by atoms with E-state index in [4.69, 9.17) is 16.3 Å².